The average Bonchev–Trinajstić information content (AvgIpc) is 2.65. The van der Waals surface area contributed by atoms with Gasteiger partial charge in [0.2, 0.25) is 10.0 Å². The topological polar surface area (TPSA) is 96.0 Å². The Morgan fingerprint density at radius 3 is 2.36 bits per heavy atom. The highest BCUT2D eigenvalue weighted by Gasteiger charge is 2.11. The molecule has 2 aromatic heterocycles. The van der Waals surface area contributed by atoms with Crippen LogP contribution in [0.25, 0.3) is 10.9 Å². The van der Waals surface area contributed by atoms with Gasteiger partial charge in [0.25, 0.3) is 0 Å². The van der Waals surface area contributed by atoms with Crippen molar-refractivity contribution in [1.29, 1.82) is 0 Å². The SMILES string of the molecule is CNS(=O)(=O)c1ccc(NCCNc2ccc3ccccc3n2)nc1. The molecule has 0 spiro atoms. The minimum Gasteiger partial charge on any atom is -0.368 e. The largest absolute Gasteiger partial charge is 0.368 e. The van der Waals surface area contributed by atoms with Crippen molar-refractivity contribution in [2.75, 3.05) is 30.8 Å². The normalized spacial score (nSPS) is 11.4. The van der Waals surface area contributed by atoms with E-state index in [0.29, 0.717) is 18.9 Å². The summed E-state index contributed by atoms with van der Waals surface area (Å²) in [4.78, 5) is 8.78. The molecule has 0 fully saturated rings. The fraction of sp³-hybridized carbons (Fsp3) is 0.176. The van der Waals surface area contributed by atoms with Crippen LogP contribution in [0.15, 0.2) is 59.6 Å². The van der Waals surface area contributed by atoms with E-state index in [1.54, 1.807) is 6.07 Å². The zero-order valence-corrected chi connectivity index (χ0v) is 14.5. The zero-order valence-electron chi connectivity index (χ0n) is 13.7. The number of rotatable bonds is 7. The van der Waals surface area contributed by atoms with Crippen molar-refractivity contribution in [3.05, 3.63) is 54.7 Å². The van der Waals surface area contributed by atoms with Crippen LogP contribution < -0.4 is 15.4 Å². The maximum absolute atomic E-state index is 11.6. The van der Waals surface area contributed by atoms with Gasteiger partial charge in [-0.25, -0.2) is 23.1 Å². The predicted octanol–water partition coefficient (Wildman–Crippen LogP) is 2.06. The highest BCUT2D eigenvalue weighted by Crippen LogP contribution is 2.14. The van der Waals surface area contributed by atoms with E-state index >= 15 is 0 Å². The number of pyridine rings is 2. The smallest absolute Gasteiger partial charge is 0.241 e. The number of hydrogen-bond acceptors (Lipinski definition) is 6. The monoisotopic (exact) mass is 357 g/mol. The second-order valence-corrected chi connectivity index (χ2v) is 7.22. The summed E-state index contributed by atoms with van der Waals surface area (Å²) < 4.78 is 25.5. The van der Waals surface area contributed by atoms with Crippen molar-refractivity contribution in [2.45, 2.75) is 4.90 Å². The number of sulfonamides is 1. The molecular weight excluding hydrogens is 338 g/mol. The van der Waals surface area contributed by atoms with E-state index in [2.05, 4.69) is 25.3 Å². The van der Waals surface area contributed by atoms with E-state index in [1.807, 2.05) is 36.4 Å². The van der Waals surface area contributed by atoms with Crippen molar-refractivity contribution >= 4 is 32.6 Å². The Morgan fingerprint density at radius 1 is 0.920 bits per heavy atom. The number of para-hydroxylation sites is 1. The van der Waals surface area contributed by atoms with E-state index in [-0.39, 0.29) is 4.90 Å². The standard InChI is InChI=1S/C17H19N5O2S/c1-18-25(23,24)14-7-9-16(21-12-14)19-10-11-20-17-8-6-13-4-2-3-5-15(13)22-17/h2-9,12,18H,10-11H2,1H3,(H,19,21)(H,20,22). The number of nitrogens with one attached hydrogen (secondary N) is 3. The molecule has 8 heteroatoms. The lowest BCUT2D eigenvalue weighted by molar-refractivity contribution is 0.588. The van der Waals surface area contributed by atoms with Gasteiger partial charge in [-0.05, 0) is 37.4 Å². The lowest BCUT2D eigenvalue weighted by Crippen LogP contribution is -2.19. The number of benzene rings is 1. The number of fused-ring (bicyclic) bond motifs is 1. The van der Waals surface area contributed by atoms with Gasteiger partial charge in [-0.1, -0.05) is 18.2 Å². The number of aromatic nitrogens is 2. The molecule has 0 bridgehead atoms. The van der Waals surface area contributed by atoms with Gasteiger partial charge in [0.05, 0.1) is 5.52 Å². The second-order valence-electron chi connectivity index (χ2n) is 5.33. The highest BCUT2D eigenvalue weighted by molar-refractivity contribution is 7.89. The lowest BCUT2D eigenvalue weighted by atomic mass is 10.2. The number of nitrogens with zero attached hydrogens (tertiary/aromatic N) is 2. The molecule has 0 aliphatic heterocycles. The van der Waals surface area contributed by atoms with E-state index in [9.17, 15) is 8.42 Å². The lowest BCUT2D eigenvalue weighted by Gasteiger charge is -2.09. The van der Waals surface area contributed by atoms with Crippen LogP contribution >= 0.6 is 0 Å². The van der Waals surface area contributed by atoms with E-state index in [0.717, 1.165) is 16.7 Å². The number of hydrogen-bond donors (Lipinski definition) is 3. The molecule has 7 nitrogen and oxygen atoms in total. The molecular formula is C17H19N5O2S. The summed E-state index contributed by atoms with van der Waals surface area (Å²) in [5.41, 5.74) is 0.948. The summed E-state index contributed by atoms with van der Waals surface area (Å²) in [6.45, 7) is 1.28. The molecule has 0 amide bonds. The van der Waals surface area contributed by atoms with E-state index < -0.39 is 10.0 Å². The molecule has 0 radical (unpaired) electrons. The maximum atomic E-state index is 11.6. The van der Waals surface area contributed by atoms with Gasteiger partial charge < -0.3 is 10.6 Å². The molecule has 3 N–H and O–H groups in total. The van der Waals surface area contributed by atoms with Crippen LogP contribution in [0.5, 0.6) is 0 Å². The summed E-state index contributed by atoms with van der Waals surface area (Å²) in [6, 6.07) is 15.1. The molecule has 3 rings (SSSR count). The Hall–Kier alpha value is -2.71. The molecule has 0 saturated carbocycles. The first-order chi connectivity index (χ1) is 12.1. The van der Waals surface area contributed by atoms with Crippen LogP contribution in [0.1, 0.15) is 0 Å². The molecule has 2 heterocycles. The average molecular weight is 357 g/mol. The van der Waals surface area contributed by atoms with Gasteiger partial charge in [-0.3, -0.25) is 0 Å². The molecule has 0 aliphatic rings. The van der Waals surface area contributed by atoms with Crippen LogP contribution in [0.3, 0.4) is 0 Å². The predicted molar refractivity (Wildman–Crippen MR) is 99.2 cm³/mol. The van der Waals surface area contributed by atoms with Crippen molar-refractivity contribution in [2.24, 2.45) is 0 Å². The minimum atomic E-state index is -3.46. The van der Waals surface area contributed by atoms with Crippen molar-refractivity contribution < 1.29 is 8.42 Å². The zero-order chi connectivity index (χ0) is 17.7. The third-order valence-electron chi connectivity index (χ3n) is 3.65. The summed E-state index contributed by atoms with van der Waals surface area (Å²) in [7, 11) is -2.09. The van der Waals surface area contributed by atoms with Crippen LogP contribution in [0, 0.1) is 0 Å². The first-order valence-corrected chi connectivity index (χ1v) is 9.30. The molecule has 3 aromatic rings. The van der Waals surface area contributed by atoms with Crippen LogP contribution in [-0.4, -0.2) is 38.5 Å². The third kappa shape index (κ3) is 4.23. The van der Waals surface area contributed by atoms with E-state index in [1.165, 1.54) is 19.3 Å². The molecule has 0 saturated heterocycles. The van der Waals surface area contributed by atoms with Gasteiger partial charge >= 0.3 is 0 Å². The summed E-state index contributed by atoms with van der Waals surface area (Å²) in [6.07, 6.45) is 1.33. The molecule has 1 aromatic carbocycles. The highest BCUT2D eigenvalue weighted by atomic mass is 32.2. The summed E-state index contributed by atoms with van der Waals surface area (Å²) in [5.74, 6) is 1.42. The molecule has 25 heavy (non-hydrogen) atoms. The summed E-state index contributed by atoms with van der Waals surface area (Å²) in [5, 5.41) is 7.48. The van der Waals surface area contributed by atoms with Crippen LogP contribution in [-0.2, 0) is 10.0 Å². The van der Waals surface area contributed by atoms with Gasteiger partial charge in [0, 0.05) is 24.7 Å². The first-order valence-electron chi connectivity index (χ1n) is 7.82. The quantitative estimate of drug-likeness (QED) is 0.560. The van der Waals surface area contributed by atoms with Gasteiger partial charge in [-0.15, -0.1) is 0 Å². The minimum absolute atomic E-state index is 0.138. The Balaban J connectivity index is 1.52. The Labute approximate surface area is 146 Å². The number of anilines is 2. The fourth-order valence-corrected chi connectivity index (χ4v) is 2.98. The third-order valence-corrected chi connectivity index (χ3v) is 5.05. The second kappa shape index (κ2) is 7.45. The Morgan fingerprint density at radius 2 is 1.64 bits per heavy atom. The molecule has 0 atom stereocenters. The van der Waals surface area contributed by atoms with E-state index in [4.69, 9.17) is 0 Å². The van der Waals surface area contributed by atoms with Crippen molar-refractivity contribution in [3.63, 3.8) is 0 Å². The Kier molecular flexibility index (Phi) is 5.11. The van der Waals surface area contributed by atoms with Gasteiger partial charge in [0.15, 0.2) is 0 Å². The Bertz CT molecular complexity index is 958. The van der Waals surface area contributed by atoms with Crippen molar-refractivity contribution in [1.82, 2.24) is 14.7 Å². The maximum Gasteiger partial charge on any atom is 0.241 e. The molecule has 0 aliphatic carbocycles. The van der Waals surface area contributed by atoms with Gasteiger partial charge in [-0.2, -0.15) is 0 Å². The first kappa shape index (κ1) is 17.1. The van der Waals surface area contributed by atoms with Crippen molar-refractivity contribution in [3.8, 4) is 0 Å². The molecule has 0 unspecified atom stereocenters. The summed E-state index contributed by atoms with van der Waals surface area (Å²) >= 11 is 0. The molecule has 130 valence electrons. The van der Waals surface area contributed by atoms with Gasteiger partial charge in [0.1, 0.15) is 16.5 Å². The fourth-order valence-electron chi connectivity index (χ4n) is 2.31. The van der Waals surface area contributed by atoms with Crippen LogP contribution in [0.4, 0.5) is 11.6 Å². The van der Waals surface area contributed by atoms with Crippen LogP contribution in [0.2, 0.25) is 0 Å².